The molecule has 0 aliphatic heterocycles. The maximum absolute atomic E-state index is 17.5. The molecule has 4 aliphatic carbocycles. The van der Waals surface area contributed by atoms with Gasteiger partial charge in [0, 0.05) is 22.7 Å². The van der Waals surface area contributed by atoms with Gasteiger partial charge in [0.25, 0.3) is 0 Å². The summed E-state index contributed by atoms with van der Waals surface area (Å²) in [5, 5.41) is 20.7. The van der Waals surface area contributed by atoms with Gasteiger partial charge in [-0.25, -0.2) is 18.4 Å². The number of esters is 1. The van der Waals surface area contributed by atoms with E-state index in [1.165, 1.54) is 19.1 Å². The molecule has 1 N–H and O–H groups in total. The second kappa shape index (κ2) is 9.64. The lowest BCUT2D eigenvalue weighted by molar-refractivity contribution is -0.234. The Bertz CT molecular complexity index is 1200. The number of nitrogens with zero attached hydrogens (tertiary/aromatic N) is 1. The highest BCUT2D eigenvalue weighted by Gasteiger charge is 2.79. The fraction of sp³-hybridized carbons (Fsp3) is 0.733. The molecule has 2 unspecified atom stereocenters. The fourth-order valence-electron chi connectivity index (χ4n) is 7.90. The van der Waals surface area contributed by atoms with Crippen LogP contribution in [0.2, 0.25) is 0 Å². The van der Waals surface area contributed by atoms with Crippen LogP contribution in [0.15, 0.2) is 23.8 Å². The SMILES string of the molecule is CC(OC(=O)O[C@@]1(C(=O)OCC#N)[C@H](C)C[C@H]2[C@@H]3C[C@H](F)C4=CC(=O)C=C[C@]4(C)C3(F)[C@@H](O)C[C@@]21C)C(C)(C)C. The normalized spacial score (nSPS) is 42.9. The van der Waals surface area contributed by atoms with Gasteiger partial charge in [-0.15, -0.1) is 0 Å². The van der Waals surface area contributed by atoms with E-state index in [9.17, 15) is 19.5 Å². The molecule has 0 aromatic carbocycles. The van der Waals surface area contributed by atoms with E-state index in [1.54, 1.807) is 26.8 Å². The quantitative estimate of drug-likeness (QED) is 0.477. The number of rotatable bonds is 4. The van der Waals surface area contributed by atoms with E-state index in [1.807, 2.05) is 20.8 Å². The first-order chi connectivity index (χ1) is 18.4. The Hall–Kier alpha value is -2.80. The summed E-state index contributed by atoms with van der Waals surface area (Å²) in [6, 6.07) is 1.73. The van der Waals surface area contributed by atoms with Crippen molar-refractivity contribution in [2.45, 2.75) is 97.4 Å². The lowest BCUT2D eigenvalue weighted by atomic mass is 9.44. The largest absolute Gasteiger partial charge is 0.509 e. The monoisotopic (exact) mass is 563 g/mol. The van der Waals surface area contributed by atoms with Gasteiger partial charge in [-0.3, -0.25) is 4.79 Å². The second-order valence-corrected chi connectivity index (χ2v) is 13.4. The Morgan fingerprint density at radius 3 is 2.50 bits per heavy atom. The van der Waals surface area contributed by atoms with Gasteiger partial charge < -0.3 is 19.3 Å². The highest BCUT2D eigenvalue weighted by atomic mass is 19.1. The van der Waals surface area contributed by atoms with Crippen LogP contribution in [0, 0.1) is 45.3 Å². The minimum absolute atomic E-state index is 0.0110. The molecule has 0 heterocycles. The third-order valence-electron chi connectivity index (χ3n) is 10.5. The zero-order valence-corrected chi connectivity index (χ0v) is 24.1. The van der Waals surface area contributed by atoms with Crippen LogP contribution in [-0.2, 0) is 23.8 Å². The number of alkyl halides is 2. The molecule has 0 aromatic rings. The zero-order valence-electron chi connectivity index (χ0n) is 24.1. The molecule has 8 nitrogen and oxygen atoms in total. The molecular formula is C30H39F2NO7. The number of aliphatic hydroxyl groups excluding tert-OH is 1. The molecule has 4 rings (SSSR count). The fourth-order valence-corrected chi connectivity index (χ4v) is 7.90. The summed E-state index contributed by atoms with van der Waals surface area (Å²) >= 11 is 0. The molecule has 3 saturated carbocycles. The molecule has 220 valence electrons. The van der Waals surface area contributed by atoms with Gasteiger partial charge in [0.15, 0.2) is 18.1 Å². The minimum atomic E-state index is -2.36. The van der Waals surface area contributed by atoms with E-state index in [4.69, 9.17) is 19.5 Å². The molecule has 4 aliphatic rings. The van der Waals surface area contributed by atoms with Gasteiger partial charge in [0.05, 0.1) is 6.10 Å². The summed E-state index contributed by atoms with van der Waals surface area (Å²) in [5.74, 6) is -3.99. The van der Waals surface area contributed by atoms with Gasteiger partial charge in [0.1, 0.15) is 18.3 Å². The van der Waals surface area contributed by atoms with Crippen molar-refractivity contribution in [2.24, 2.45) is 34.0 Å². The summed E-state index contributed by atoms with van der Waals surface area (Å²) in [7, 11) is 0. The van der Waals surface area contributed by atoms with Gasteiger partial charge in [-0.2, -0.15) is 5.26 Å². The number of ketones is 1. The highest BCUT2D eigenvalue weighted by Crippen LogP contribution is 2.71. The lowest BCUT2D eigenvalue weighted by Crippen LogP contribution is -2.71. The van der Waals surface area contributed by atoms with Crippen molar-refractivity contribution in [1.82, 2.24) is 0 Å². The molecule has 0 amide bonds. The van der Waals surface area contributed by atoms with Crippen LogP contribution in [0.4, 0.5) is 13.6 Å². The van der Waals surface area contributed by atoms with Crippen molar-refractivity contribution >= 4 is 17.9 Å². The van der Waals surface area contributed by atoms with Crippen LogP contribution >= 0.6 is 0 Å². The van der Waals surface area contributed by atoms with Crippen LogP contribution < -0.4 is 0 Å². The minimum Gasteiger partial charge on any atom is -0.447 e. The first-order valence-corrected chi connectivity index (χ1v) is 13.8. The van der Waals surface area contributed by atoms with Crippen molar-refractivity contribution in [3.63, 3.8) is 0 Å². The molecule has 10 atom stereocenters. The predicted molar refractivity (Wildman–Crippen MR) is 139 cm³/mol. The predicted octanol–water partition coefficient (Wildman–Crippen LogP) is 4.94. The van der Waals surface area contributed by atoms with E-state index < -0.39 is 88.2 Å². The van der Waals surface area contributed by atoms with E-state index in [-0.39, 0.29) is 24.8 Å². The number of ether oxygens (including phenoxy) is 3. The van der Waals surface area contributed by atoms with Crippen molar-refractivity contribution < 1.29 is 42.5 Å². The molecule has 0 spiro atoms. The summed E-state index contributed by atoms with van der Waals surface area (Å²) in [6.45, 7) is 11.4. The summed E-state index contributed by atoms with van der Waals surface area (Å²) in [5.41, 5.74) is -7.84. The molecule has 40 heavy (non-hydrogen) atoms. The van der Waals surface area contributed by atoms with Crippen molar-refractivity contribution in [3.8, 4) is 6.07 Å². The number of halogens is 2. The molecular weight excluding hydrogens is 524 g/mol. The lowest BCUT2D eigenvalue weighted by Gasteiger charge is -2.62. The molecule has 0 radical (unpaired) electrons. The van der Waals surface area contributed by atoms with Crippen LogP contribution in [-0.4, -0.2) is 59.3 Å². The summed E-state index contributed by atoms with van der Waals surface area (Å²) in [6.07, 6.45) is -1.93. The number of carbonyl (C=O) groups excluding carboxylic acids is 3. The number of aliphatic hydroxyl groups is 1. The van der Waals surface area contributed by atoms with Gasteiger partial charge in [-0.05, 0) is 62.2 Å². The molecule has 0 aromatic heterocycles. The number of hydrogen-bond donors (Lipinski definition) is 1. The third-order valence-corrected chi connectivity index (χ3v) is 10.5. The van der Waals surface area contributed by atoms with Gasteiger partial charge >= 0.3 is 12.1 Å². The molecule has 0 bridgehead atoms. The Balaban J connectivity index is 1.81. The Kier molecular flexibility index (Phi) is 7.27. The molecule has 3 fully saturated rings. The topological polar surface area (TPSA) is 123 Å². The van der Waals surface area contributed by atoms with Crippen LogP contribution in [0.3, 0.4) is 0 Å². The number of carbonyl (C=O) groups is 3. The van der Waals surface area contributed by atoms with E-state index >= 15 is 8.78 Å². The maximum Gasteiger partial charge on any atom is 0.509 e. The van der Waals surface area contributed by atoms with Crippen LogP contribution in [0.1, 0.15) is 67.7 Å². The standard InChI is InChI=1S/C30H39F2NO7/c1-16-12-19-20-14-22(31)21-13-18(34)8-9-27(21,6)29(20,32)23(35)15-28(19,7)30(16,24(36)38-11-10-33)40-25(37)39-17(2)26(3,4)5/h8-9,13,16-17,19-20,22-23,35H,11-12,14-15H2,1-7H3/t16-,17?,19+,20+,22+,23+,27+,28+,29?,30-/m1/s1. The first-order valence-electron chi connectivity index (χ1n) is 13.8. The highest BCUT2D eigenvalue weighted by molar-refractivity contribution is 6.01. The summed E-state index contributed by atoms with van der Waals surface area (Å²) in [4.78, 5) is 39.0. The van der Waals surface area contributed by atoms with E-state index in [2.05, 4.69) is 0 Å². The maximum atomic E-state index is 17.5. The average Bonchev–Trinajstić information content (AvgIpc) is 3.07. The number of fused-ring (bicyclic) bond motifs is 5. The second-order valence-electron chi connectivity index (χ2n) is 13.4. The van der Waals surface area contributed by atoms with Crippen molar-refractivity contribution in [3.05, 3.63) is 23.8 Å². The Morgan fingerprint density at radius 2 is 1.90 bits per heavy atom. The van der Waals surface area contributed by atoms with Crippen molar-refractivity contribution in [2.75, 3.05) is 6.61 Å². The van der Waals surface area contributed by atoms with Crippen LogP contribution in [0.5, 0.6) is 0 Å². The Labute approximate surface area is 233 Å². The zero-order chi connectivity index (χ0) is 30.1. The van der Waals surface area contributed by atoms with Crippen molar-refractivity contribution in [1.29, 1.82) is 5.26 Å². The average molecular weight is 564 g/mol. The Morgan fingerprint density at radius 1 is 1.25 bits per heavy atom. The third kappa shape index (κ3) is 4.02. The van der Waals surface area contributed by atoms with Gasteiger partial charge in [0.2, 0.25) is 5.60 Å². The molecule has 0 saturated heterocycles. The first kappa shape index (κ1) is 30.2. The van der Waals surface area contributed by atoms with E-state index in [0.717, 1.165) is 6.08 Å². The smallest absolute Gasteiger partial charge is 0.447 e. The van der Waals surface area contributed by atoms with E-state index in [0.29, 0.717) is 0 Å². The number of nitriles is 1. The molecule has 10 heteroatoms. The van der Waals surface area contributed by atoms with Crippen LogP contribution in [0.25, 0.3) is 0 Å². The number of allylic oxidation sites excluding steroid dienone is 4. The summed E-state index contributed by atoms with van der Waals surface area (Å²) < 4.78 is 49.9. The number of hydrogen-bond acceptors (Lipinski definition) is 8. The van der Waals surface area contributed by atoms with Gasteiger partial charge in [-0.1, -0.05) is 40.7 Å².